The zero-order valence-electron chi connectivity index (χ0n) is 6.43. The van der Waals surface area contributed by atoms with Gasteiger partial charge in [0.15, 0.2) is 0 Å². The molecule has 66 valence electrons. The van der Waals surface area contributed by atoms with Crippen molar-refractivity contribution >= 4 is 23.2 Å². The summed E-state index contributed by atoms with van der Waals surface area (Å²) in [6, 6.07) is 1.22. The highest BCUT2D eigenvalue weighted by molar-refractivity contribution is 6.36. The molecule has 1 aromatic rings. The van der Waals surface area contributed by atoms with Crippen molar-refractivity contribution in [1.82, 2.24) is 0 Å². The summed E-state index contributed by atoms with van der Waals surface area (Å²) in [5.74, 6) is -0.154. The molecule has 2 nitrogen and oxygen atoms in total. The lowest BCUT2D eigenvalue weighted by Gasteiger charge is -2.07. The van der Waals surface area contributed by atoms with Crippen molar-refractivity contribution in [3.63, 3.8) is 0 Å². The molecule has 0 aliphatic rings. The van der Waals surface area contributed by atoms with Crippen LogP contribution in [0.25, 0.3) is 0 Å². The lowest BCUT2D eigenvalue weighted by atomic mass is 10.1. The van der Waals surface area contributed by atoms with E-state index in [1.807, 2.05) is 6.92 Å². The molecule has 0 heterocycles. The first-order valence-electron chi connectivity index (χ1n) is 3.46. The Morgan fingerprint density at radius 3 is 2.42 bits per heavy atom. The fourth-order valence-electron chi connectivity index (χ4n) is 0.977. The number of aromatic hydroxyl groups is 2. The average Bonchev–Trinajstić information content (AvgIpc) is 2.02. The van der Waals surface area contributed by atoms with E-state index in [-0.39, 0.29) is 21.5 Å². The zero-order valence-corrected chi connectivity index (χ0v) is 7.95. The van der Waals surface area contributed by atoms with Crippen LogP contribution >= 0.6 is 23.2 Å². The van der Waals surface area contributed by atoms with Gasteiger partial charge in [-0.3, -0.25) is 0 Å². The largest absolute Gasteiger partial charge is 0.506 e. The number of hydrogen-bond donors (Lipinski definition) is 2. The van der Waals surface area contributed by atoms with Gasteiger partial charge in [-0.25, -0.2) is 0 Å². The summed E-state index contributed by atoms with van der Waals surface area (Å²) < 4.78 is 0. The van der Waals surface area contributed by atoms with Gasteiger partial charge in [-0.1, -0.05) is 30.1 Å². The van der Waals surface area contributed by atoms with Crippen molar-refractivity contribution in [2.24, 2.45) is 0 Å². The van der Waals surface area contributed by atoms with Gasteiger partial charge in [0.2, 0.25) is 0 Å². The third-order valence-corrected chi connectivity index (χ3v) is 2.33. The van der Waals surface area contributed by atoms with Gasteiger partial charge in [-0.2, -0.15) is 0 Å². The monoisotopic (exact) mass is 206 g/mol. The van der Waals surface area contributed by atoms with Crippen molar-refractivity contribution in [3.8, 4) is 11.5 Å². The normalized spacial score (nSPS) is 10.2. The topological polar surface area (TPSA) is 40.5 Å². The summed E-state index contributed by atoms with van der Waals surface area (Å²) in [5, 5.41) is 18.9. The summed E-state index contributed by atoms with van der Waals surface area (Å²) >= 11 is 11.3. The minimum atomic E-state index is -0.101. The van der Waals surface area contributed by atoms with Crippen molar-refractivity contribution in [2.45, 2.75) is 13.3 Å². The molecule has 0 spiro atoms. The fourth-order valence-corrected chi connectivity index (χ4v) is 1.47. The first kappa shape index (κ1) is 9.49. The molecule has 0 unspecified atom stereocenters. The maximum atomic E-state index is 9.38. The van der Waals surface area contributed by atoms with E-state index in [1.54, 1.807) is 0 Å². The van der Waals surface area contributed by atoms with E-state index in [0.717, 1.165) is 0 Å². The van der Waals surface area contributed by atoms with Gasteiger partial charge >= 0.3 is 0 Å². The predicted octanol–water partition coefficient (Wildman–Crippen LogP) is 2.97. The minimum absolute atomic E-state index is 0.0537. The summed E-state index contributed by atoms with van der Waals surface area (Å²) in [4.78, 5) is 0. The highest BCUT2D eigenvalue weighted by atomic mass is 35.5. The molecule has 12 heavy (non-hydrogen) atoms. The Morgan fingerprint density at radius 1 is 1.33 bits per heavy atom. The van der Waals surface area contributed by atoms with Crippen LogP contribution in [0.5, 0.6) is 11.5 Å². The van der Waals surface area contributed by atoms with E-state index in [1.165, 1.54) is 6.07 Å². The molecule has 0 saturated heterocycles. The first-order valence-corrected chi connectivity index (χ1v) is 4.22. The molecule has 0 saturated carbocycles. The lowest BCUT2D eigenvalue weighted by Crippen LogP contribution is -1.85. The Balaban J connectivity index is 3.42. The van der Waals surface area contributed by atoms with Crippen LogP contribution in [0.15, 0.2) is 6.07 Å². The van der Waals surface area contributed by atoms with Crippen LogP contribution in [0.4, 0.5) is 0 Å². The molecule has 0 bridgehead atoms. The molecule has 0 aromatic heterocycles. The van der Waals surface area contributed by atoms with Crippen LogP contribution in [0, 0.1) is 0 Å². The Bertz CT molecular complexity index is 284. The van der Waals surface area contributed by atoms with Crippen molar-refractivity contribution < 1.29 is 10.2 Å². The predicted molar refractivity (Wildman–Crippen MR) is 49.2 cm³/mol. The molecule has 1 rings (SSSR count). The van der Waals surface area contributed by atoms with E-state index in [0.29, 0.717) is 12.0 Å². The van der Waals surface area contributed by atoms with Gasteiger partial charge in [-0.05, 0) is 6.42 Å². The highest BCUT2D eigenvalue weighted by Crippen LogP contribution is 2.39. The fraction of sp³-hybridized carbons (Fsp3) is 0.250. The molecule has 0 atom stereocenters. The summed E-state index contributed by atoms with van der Waals surface area (Å²) in [5.41, 5.74) is 0.474. The van der Waals surface area contributed by atoms with Crippen LogP contribution in [-0.2, 0) is 6.42 Å². The number of phenolic OH excluding ortho intramolecular Hbond substituents is 2. The van der Waals surface area contributed by atoms with Crippen LogP contribution < -0.4 is 0 Å². The van der Waals surface area contributed by atoms with E-state index in [9.17, 15) is 10.2 Å². The maximum absolute atomic E-state index is 9.38. The van der Waals surface area contributed by atoms with Crippen molar-refractivity contribution in [1.29, 1.82) is 0 Å². The lowest BCUT2D eigenvalue weighted by molar-refractivity contribution is 0.455. The zero-order chi connectivity index (χ0) is 9.30. The second-order valence-corrected chi connectivity index (χ2v) is 3.16. The van der Waals surface area contributed by atoms with Crippen LogP contribution in [0.3, 0.4) is 0 Å². The van der Waals surface area contributed by atoms with Gasteiger partial charge in [0, 0.05) is 11.6 Å². The van der Waals surface area contributed by atoms with Gasteiger partial charge in [0.25, 0.3) is 0 Å². The average molecular weight is 207 g/mol. The number of rotatable bonds is 1. The molecule has 2 N–H and O–H groups in total. The van der Waals surface area contributed by atoms with E-state index < -0.39 is 0 Å². The summed E-state index contributed by atoms with van der Waals surface area (Å²) in [6.45, 7) is 1.82. The smallest absolute Gasteiger partial charge is 0.139 e. The summed E-state index contributed by atoms with van der Waals surface area (Å²) in [6.07, 6.45) is 0.527. The number of benzene rings is 1. The SMILES string of the molecule is CCc1c(O)c(Cl)cc(O)c1Cl. The molecule has 0 amide bonds. The Labute approximate surface area is 80.4 Å². The molecule has 0 fully saturated rings. The second kappa shape index (κ2) is 3.42. The van der Waals surface area contributed by atoms with E-state index in [4.69, 9.17) is 23.2 Å². The second-order valence-electron chi connectivity index (χ2n) is 2.37. The number of hydrogen-bond acceptors (Lipinski definition) is 2. The van der Waals surface area contributed by atoms with Crippen molar-refractivity contribution in [3.05, 3.63) is 21.7 Å². The number of halogens is 2. The standard InChI is InChI=1S/C8H8Cl2O2/c1-2-4-7(10)6(11)3-5(9)8(4)12/h3,11-12H,2H2,1H3. The third-order valence-electron chi connectivity index (χ3n) is 1.62. The Morgan fingerprint density at radius 2 is 1.92 bits per heavy atom. The van der Waals surface area contributed by atoms with Crippen molar-refractivity contribution in [2.75, 3.05) is 0 Å². The highest BCUT2D eigenvalue weighted by Gasteiger charge is 2.12. The Kier molecular flexibility index (Phi) is 2.70. The van der Waals surface area contributed by atoms with Gasteiger partial charge in [0.1, 0.15) is 11.5 Å². The van der Waals surface area contributed by atoms with E-state index >= 15 is 0 Å². The molecule has 1 aromatic carbocycles. The summed E-state index contributed by atoms with van der Waals surface area (Å²) in [7, 11) is 0. The number of phenols is 2. The van der Waals surface area contributed by atoms with Gasteiger partial charge in [0.05, 0.1) is 10.0 Å². The minimum Gasteiger partial charge on any atom is -0.506 e. The Hall–Kier alpha value is -0.600. The third kappa shape index (κ3) is 1.45. The first-order chi connectivity index (χ1) is 5.57. The van der Waals surface area contributed by atoms with Crippen LogP contribution in [0.2, 0.25) is 10.0 Å². The molecular formula is C8H8Cl2O2. The van der Waals surface area contributed by atoms with Gasteiger partial charge in [-0.15, -0.1) is 0 Å². The van der Waals surface area contributed by atoms with Crippen LogP contribution in [0.1, 0.15) is 12.5 Å². The van der Waals surface area contributed by atoms with Gasteiger partial charge < -0.3 is 10.2 Å². The van der Waals surface area contributed by atoms with E-state index in [2.05, 4.69) is 0 Å². The molecular weight excluding hydrogens is 199 g/mol. The molecule has 0 aliphatic carbocycles. The molecule has 4 heteroatoms. The molecule has 0 radical (unpaired) electrons. The van der Waals surface area contributed by atoms with Crippen LogP contribution in [-0.4, -0.2) is 10.2 Å². The maximum Gasteiger partial charge on any atom is 0.139 e. The molecule has 0 aliphatic heterocycles. The quantitative estimate of drug-likeness (QED) is 0.695.